The van der Waals surface area contributed by atoms with E-state index in [2.05, 4.69) is 50.7 Å². The topological polar surface area (TPSA) is 129 Å². The van der Waals surface area contributed by atoms with Gasteiger partial charge < -0.3 is 15.4 Å². The number of pyridine rings is 1. The molecule has 0 aromatic carbocycles. The number of aryl methyl sites for hydroxylation is 1. The SMILES string of the molecule is Cc1nn(COCC[Si](C)(C)C)c(C)c1-c1ccc(NC(=O)[C@H](CCCC(Cl)Cl)NC(=O)c2cnnn2C(C)C)nc1F. The maximum absolute atomic E-state index is 15.4. The lowest BCUT2D eigenvalue weighted by Gasteiger charge is -2.19. The van der Waals surface area contributed by atoms with E-state index >= 15 is 4.39 Å². The number of hydrogen-bond acceptors (Lipinski definition) is 7. The summed E-state index contributed by atoms with van der Waals surface area (Å²) in [5.41, 5.74) is 2.47. The number of nitrogens with zero attached hydrogens (tertiary/aromatic N) is 6. The standard InChI is InChI=1S/C28H41Cl2FN8O3Si/c1-17(2)39-22(15-32-37-39)28(41)33-21(9-8-10-23(29)30)27(40)35-24-12-11-20(26(31)34-24)25-18(3)36-38(19(25)4)16-42-13-14-43(5,6)7/h11-12,15,17,21,23H,8-10,13-14,16H2,1-7H3,(H,33,41)(H,34,35,40)/t21-/m0/s1. The average molecular weight is 656 g/mol. The second kappa shape index (κ2) is 15.2. The van der Waals surface area contributed by atoms with Gasteiger partial charge in [0.2, 0.25) is 11.9 Å². The van der Waals surface area contributed by atoms with Gasteiger partial charge in [-0.2, -0.15) is 9.49 Å². The van der Waals surface area contributed by atoms with Crippen LogP contribution < -0.4 is 10.6 Å². The molecule has 2 N–H and O–H groups in total. The molecule has 3 heterocycles. The lowest BCUT2D eigenvalue weighted by Crippen LogP contribution is -2.44. The van der Waals surface area contributed by atoms with E-state index in [1.165, 1.54) is 16.9 Å². The molecule has 3 aromatic heterocycles. The highest BCUT2D eigenvalue weighted by Crippen LogP contribution is 2.29. The summed E-state index contributed by atoms with van der Waals surface area (Å²) in [7, 11) is -1.22. The van der Waals surface area contributed by atoms with Crippen molar-refractivity contribution in [3.63, 3.8) is 0 Å². The van der Waals surface area contributed by atoms with Crippen molar-refractivity contribution in [2.45, 2.75) is 96.3 Å². The van der Waals surface area contributed by atoms with Crippen molar-refractivity contribution in [1.29, 1.82) is 0 Å². The van der Waals surface area contributed by atoms with E-state index < -0.39 is 36.7 Å². The van der Waals surface area contributed by atoms with Crippen LogP contribution in [0.3, 0.4) is 0 Å². The van der Waals surface area contributed by atoms with Crippen molar-refractivity contribution in [1.82, 2.24) is 35.1 Å². The Bertz CT molecular complexity index is 1410. The molecule has 0 aliphatic rings. The fourth-order valence-electron chi connectivity index (χ4n) is 4.41. The van der Waals surface area contributed by atoms with Crippen molar-refractivity contribution in [3.8, 4) is 11.1 Å². The van der Waals surface area contributed by atoms with E-state index in [9.17, 15) is 9.59 Å². The Morgan fingerprint density at radius 3 is 2.49 bits per heavy atom. The van der Waals surface area contributed by atoms with Crippen LogP contribution in [0, 0.1) is 19.8 Å². The number of aromatic nitrogens is 6. The second-order valence-electron chi connectivity index (χ2n) is 11.9. The summed E-state index contributed by atoms with van der Waals surface area (Å²) in [6.07, 6.45) is 2.46. The Balaban J connectivity index is 1.74. The fraction of sp³-hybridized carbons (Fsp3) is 0.571. The van der Waals surface area contributed by atoms with Crippen LogP contribution in [0.15, 0.2) is 18.3 Å². The summed E-state index contributed by atoms with van der Waals surface area (Å²) >= 11 is 11.7. The van der Waals surface area contributed by atoms with Crippen LogP contribution >= 0.6 is 23.2 Å². The summed E-state index contributed by atoms with van der Waals surface area (Å²) in [4.78, 5) is 29.7. The van der Waals surface area contributed by atoms with Crippen molar-refractivity contribution in [3.05, 3.63) is 41.4 Å². The monoisotopic (exact) mass is 654 g/mol. The third kappa shape index (κ3) is 9.82. The zero-order valence-corrected chi connectivity index (χ0v) is 28.3. The van der Waals surface area contributed by atoms with Crippen molar-refractivity contribution < 1.29 is 18.7 Å². The van der Waals surface area contributed by atoms with Crippen molar-refractivity contribution in [2.75, 3.05) is 11.9 Å². The molecule has 43 heavy (non-hydrogen) atoms. The predicted octanol–water partition coefficient (Wildman–Crippen LogP) is 5.90. The summed E-state index contributed by atoms with van der Waals surface area (Å²) < 4.78 is 24.4. The molecule has 0 saturated carbocycles. The molecule has 3 aromatic rings. The van der Waals surface area contributed by atoms with Gasteiger partial charge in [-0.1, -0.05) is 24.9 Å². The first-order chi connectivity index (χ1) is 20.2. The Hall–Kier alpha value is -2.87. The van der Waals surface area contributed by atoms with Gasteiger partial charge in [-0.25, -0.2) is 14.3 Å². The van der Waals surface area contributed by atoms with Gasteiger partial charge in [-0.05, 0) is 65.1 Å². The smallest absolute Gasteiger partial charge is 0.271 e. The second-order valence-corrected chi connectivity index (χ2v) is 18.8. The highest BCUT2D eigenvalue weighted by atomic mass is 35.5. The lowest BCUT2D eigenvalue weighted by molar-refractivity contribution is -0.118. The van der Waals surface area contributed by atoms with Crippen molar-refractivity contribution in [2.24, 2.45) is 0 Å². The predicted molar refractivity (Wildman–Crippen MR) is 169 cm³/mol. The normalized spacial score (nSPS) is 12.7. The molecule has 0 radical (unpaired) electrons. The molecule has 0 bridgehead atoms. The number of ether oxygens (including phenoxy) is 1. The minimum absolute atomic E-state index is 0.00401. The molecular weight excluding hydrogens is 614 g/mol. The van der Waals surface area contributed by atoms with Crippen LogP contribution in [0.25, 0.3) is 11.1 Å². The van der Waals surface area contributed by atoms with E-state index in [1.807, 2.05) is 20.8 Å². The average Bonchev–Trinajstić information content (AvgIpc) is 3.50. The highest BCUT2D eigenvalue weighted by molar-refractivity contribution is 6.76. The number of hydrogen-bond donors (Lipinski definition) is 2. The third-order valence-corrected chi connectivity index (χ3v) is 8.93. The van der Waals surface area contributed by atoms with Crippen LogP contribution in [0.1, 0.15) is 61.0 Å². The van der Waals surface area contributed by atoms with Crippen LogP contribution in [0.2, 0.25) is 25.7 Å². The minimum atomic E-state index is -1.22. The molecule has 15 heteroatoms. The molecule has 0 spiro atoms. The molecule has 0 unspecified atom stereocenters. The molecule has 0 aliphatic heterocycles. The fourth-order valence-corrected chi connectivity index (χ4v) is 5.48. The lowest BCUT2D eigenvalue weighted by atomic mass is 10.1. The Labute approximate surface area is 262 Å². The van der Waals surface area contributed by atoms with Gasteiger partial charge >= 0.3 is 0 Å². The Morgan fingerprint density at radius 2 is 1.86 bits per heavy atom. The maximum atomic E-state index is 15.4. The van der Waals surface area contributed by atoms with Gasteiger partial charge in [0.1, 0.15) is 29.1 Å². The first-order valence-electron chi connectivity index (χ1n) is 14.3. The summed E-state index contributed by atoms with van der Waals surface area (Å²) in [6.45, 7) is 15.2. The molecule has 11 nitrogen and oxygen atoms in total. The molecular formula is C28H41Cl2FN8O3Si. The molecule has 3 rings (SSSR count). The van der Waals surface area contributed by atoms with Crippen LogP contribution in [-0.2, 0) is 16.3 Å². The molecule has 2 amide bonds. The number of nitrogens with one attached hydrogen (secondary N) is 2. The quantitative estimate of drug-likeness (QED) is 0.0904. The Morgan fingerprint density at radius 1 is 1.14 bits per heavy atom. The minimum Gasteiger partial charge on any atom is -0.360 e. The van der Waals surface area contributed by atoms with Gasteiger partial charge in [0.05, 0.1) is 11.9 Å². The highest BCUT2D eigenvalue weighted by Gasteiger charge is 2.25. The number of rotatable bonds is 15. The zero-order valence-electron chi connectivity index (χ0n) is 25.7. The number of alkyl halides is 2. The van der Waals surface area contributed by atoms with Gasteiger partial charge in [0.25, 0.3) is 5.91 Å². The molecule has 1 atom stereocenters. The van der Waals surface area contributed by atoms with E-state index in [0.29, 0.717) is 30.7 Å². The first kappa shape index (κ1) is 34.6. The number of halogens is 3. The molecule has 0 aliphatic carbocycles. The summed E-state index contributed by atoms with van der Waals surface area (Å²) in [6, 6.07) is 3.02. The van der Waals surface area contributed by atoms with Crippen LogP contribution in [-0.4, -0.2) is 67.1 Å². The van der Waals surface area contributed by atoms with Gasteiger partial charge in [-0.15, -0.1) is 28.3 Å². The maximum Gasteiger partial charge on any atom is 0.271 e. The van der Waals surface area contributed by atoms with Gasteiger partial charge in [-0.3, -0.25) is 9.59 Å². The van der Waals surface area contributed by atoms with Crippen LogP contribution in [0.5, 0.6) is 0 Å². The van der Waals surface area contributed by atoms with Crippen molar-refractivity contribution >= 4 is 48.9 Å². The number of anilines is 1. The van der Waals surface area contributed by atoms with Gasteiger partial charge in [0.15, 0.2) is 0 Å². The largest absolute Gasteiger partial charge is 0.360 e. The van der Waals surface area contributed by atoms with E-state index in [4.69, 9.17) is 27.9 Å². The zero-order chi connectivity index (χ0) is 31.9. The van der Waals surface area contributed by atoms with Gasteiger partial charge in [0, 0.05) is 37.5 Å². The van der Waals surface area contributed by atoms with E-state index in [1.54, 1.807) is 17.7 Å². The molecule has 0 fully saturated rings. The number of amides is 2. The number of carbonyl (C=O) groups excluding carboxylic acids is 2. The van der Waals surface area contributed by atoms with E-state index in [0.717, 1.165) is 11.7 Å². The molecule has 0 saturated heterocycles. The number of carbonyl (C=O) groups is 2. The van der Waals surface area contributed by atoms with E-state index in [-0.39, 0.29) is 36.3 Å². The summed E-state index contributed by atoms with van der Waals surface area (Å²) in [5.74, 6) is -1.84. The Kier molecular flexibility index (Phi) is 12.3. The summed E-state index contributed by atoms with van der Waals surface area (Å²) in [5, 5.41) is 17.6. The third-order valence-electron chi connectivity index (χ3n) is 6.79. The first-order valence-corrected chi connectivity index (χ1v) is 18.8. The van der Waals surface area contributed by atoms with Crippen LogP contribution in [0.4, 0.5) is 10.2 Å². The molecule has 236 valence electrons.